The number of fused-ring (bicyclic) bond motifs is 1. The number of anilines is 1. The molecule has 3 aliphatic heterocycles. The van der Waals surface area contributed by atoms with Crippen LogP contribution in [0.15, 0.2) is 48.5 Å². The highest BCUT2D eigenvalue weighted by Gasteiger charge is 2.30. The molecule has 4 amide bonds. The van der Waals surface area contributed by atoms with Crippen LogP contribution in [-0.2, 0) is 11.3 Å². The van der Waals surface area contributed by atoms with Crippen LogP contribution in [0.4, 0.5) is 19.4 Å². The van der Waals surface area contributed by atoms with E-state index in [1.54, 1.807) is 31.3 Å². The lowest BCUT2D eigenvalue weighted by atomic mass is 9.94. The van der Waals surface area contributed by atoms with E-state index in [1.807, 2.05) is 18.2 Å². The molecule has 2 N–H and O–H groups in total. The van der Waals surface area contributed by atoms with E-state index in [9.17, 15) is 23.2 Å². The molecule has 1 aliphatic carbocycles. The molecule has 0 radical (unpaired) electrons. The Bertz CT molecular complexity index is 1780. The van der Waals surface area contributed by atoms with Crippen molar-refractivity contribution in [3.05, 3.63) is 76.9 Å². The molecule has 48 heavy (non-hydrogen) atoms. The van der Waals surface area contributed by atoms with Crippen molar-refractivity contribution in [3.63, 3.8) is 0 Å². The van der Waals surface area contributed by atoms with Crippen molar-refractivity contribution in [3.8, 4) is 28.8 Å². The summed E-state index contributed by atoms with van der Waals surface area (Å²) in [6.07, 6.45) is 6.69. The van der Waals surface area contributed by atoms with Crippen molar-refractivity contribution < 1.29 is 27.9 Å². The molecule has 12 heteroatoms. The number of ether oxygens (including phenoxy) is 1. The number of rotatable bonds is 4. The van der Waals surface area contributed by atoms with Crippen LogP contribution in [0.25, 0.3) is 11.3 Å². The summed E-state index contributed by atoms with van der Waals surface area (Å²) >= 11 is 0. The second-order valence-corrected chi connectivity index (χ2v) is 12.3. The molecule has 0 bridgehead atoms. The molecular formula is C36H38F2N6O4. The number of imide groups is 1. The predicted octanol–water partition coefficient (Wildman–Crippen LogP) is 4.32. The number of urea groups is 1. The van der Waals surface area contributed by atoms with E-state index in [0.29, 0.717) is 23.4 Å². The highest BCUT2D eigenvalue weighted by atomic mass is 19.1. The van der Waals surface area contributed by atoms with Gasteiger partial charge in [0.1, 0.15) is 11.6 Å². The number of nitrogens with zero attached hydrogens (tertiary/aromatic N) is 4. The summed E-state index contributed by atoms with van der Waals surface area (Å²) in [6, 6.07) is 12.9. The first-order valence-electron chi connectivity index (χ1n) is 16.2. The lowest BCUT2D eigenvalue weighted by Gasteiger charge is -2.41. The van der Waals surface area contributed by atoms with Crippen LogP contribution in [0.5, 0.6) is 5.75 Å². The SMILES string of the molecule is COc1ccc2c(c1F)C(=O)N(C)C2.O=C1NC(=O)C(C#Cc2ccc(-c3cccc(N4CCN(C5CCCCC5)CC4)n3)c(F)c2)N1. The third-order valence-electron chi connectivity index (χ3n) is 9.22. The normalized spacial score (nSPS) is 19.5. The van der Waals surface area contributed by atoms with Gasteiger partial charge in [0, 0.05) is 56.9 Å². The van der Waals surface area contributed by atoms with E-state index in [1.165, 1.54) is 50.2 Å². The maximum Gasteiger partial charge on any atom is 0.322 e. The average Bonchev–Trinajstić information content (AvgIpc) is 3.59. The van der Waals surface area contributed by atoms with Gasteiger partial charge in [0.05, 0.1) is 18.4 Å². The third kappa shape index (κ3) is 7.11. The van der Waals surface area contributed by atoms with E-state index in [0.717, 1.165) is 43.6 Å². The number of methoxy groups -OCH3 is 1. The van der Waals surface area contributed by atoms with Crippen LogP contribution in [0, 0.1) is 23.5 Å². The monoisotopic (exact) mass is 656 g/mol. The van der Waals surface area contributed by atoms with Gasteiger partial charge in [-0.15, -0.1) is 0 Å². The van der Waals surface area contributed by atoms with Crippen molar-refractivity contribution in [2.45, 2.75) is 50.7 Å². The molecule has 2 aromatic carbocycles. The van der Waals surface area contributed by atoms with Crippen molar-refractivity contribution in [1.82, 2.24) is 25.4 Å². The molecule has 2 saturated heterocycles. The molecular weight excluding hydrogens is 618 g/mol. The molecule has 3 aromatic rings. The minimum atomic E-state index is -0.924. The quantitative estimate of drug-likeness (QED) is 0.318. The zero-order valence-electron chi connectivity index (χ0n) is 27.0. The van der Waals surface area contributed by atoms with Gasteiger partial charge in [-0.1, -0.05) is 43.2 Å². The van der Waals surface area contributed by atoms with Gasteiger partial charge in [0.25, 0.3) is 11.8 Å². The van der Waals surface area contributed by atoms with E-state index >= 15 is 0 Å². The molecule has 1 unspecified atom stereocenters. The fourth-order valence-corrected chi connectivity index (χ4v) is 6.62. The lowest BCUT2D eigenvalue weighted by Crippen LogP contribution is -2.51. The Morgan fingerprint density at radius 1 is 0.958 bits per heavy atom. The van der Waals surface area contributed by atoms with Gasteiger partial charge in [-0.3, -0.25) is 19.8 Å². The molecule has 10 nitrogen and oxygen atoms in total. The number of aromatic nitrogens is 1. The van der Waals surface area contributed by atoms with Crippen molar-refractivity contribution in [2.24, 2.45) is 0 Å². The number of piperazine rings is 1. The van der Waals surface area contributed by atoms with Gasteiger partial charge in [-0.2, -0.15) is 0 Å². The smallest absolute Gasteiger partial charge is 0.322 e. The molecule has 7 rings (SSSR count). The summed E-state index contributed by atoms with van der Waals surface area (Å²) in [4.78, 5) is 45.4. The van der Waals surface area contributed by atoms with Crippen LogP contribution >= 0.6 is 0 Å². The average molecular weight is 657 g/mol. The molecule has 1 atom stereocenters. The number of carbonyl (C=O) groups excluding carboxylic acids is 3. The second kappa shape index (κ2) is 14.4. The maximum atomic E-state index is 14.9. The Hall–Kier alpha value is -5.02. The molecule has 0 spiro atoms. The minimum absolute atomic E-state index is 0.118. The fourth-order valence-electron chi connectivity index (χ4n) is 6.62. The number of hydrogen-bond acceptors (Lipinski definition) is 7. The number of pyridine rings is 1. The zero-order valence-corrected chi connectivity index (χ0v) is 27.0. The molecule has 250 valence electrons. The van der Waals surface area contributed by atoms with Crippen molar-refractivity contribution in [1.29, 1.82) is 0 Å². The summed E-state index contributed by atoms with van der Waals surface area (Å²) in [5.74, 6) is 4.62. The van der Waals surface area contributed by atoms with E-state index < -0.39 is 29.6 Å². The molecule has 4 aliphatic rings. The standard InChI is InChI=1S/C26H28FN5O2.C10H10FNO2/c27-21-17-18(10-12-23-25(33)30-26(34)29-23)9-11-20(21)22-7-4-8-24(28-22)32-15-13-31(14-16-32)19-5-2-1-3-6-19;1-12-5-6-3-4-7(14-2)9(11)8(6)10(12)13/h4,7-9,11,17,19,23H,1-3,5-6,13-16H2,(H2,29,30,33,34);3-4H,5H2,1-2H3. The summed E-state index contributed by atoms with van der Waals surface area (Å²) in [5, 5.41) is 4.52. The Morgan fingerprint density at radius 3 is 2.42 bits per heavy atom. The molecule has 1 aromatic heterocycles. The first-order chi connectivity index (χ1) is 23.2. The number of hydrogen-bond donors (Lipinski definition) is 2. The Morgan fingerprint density at radius 2 is 1.73 bits per heavy atom. The molecule has 3 fully saturated rings. The summed E-state index contributed by atoms with van der Waals surface area (Å²) in [7, 11) is 3.03. The predicted molar refractivity (Wildman–Crippen MR) is 176 cm³/mol. The van der Waals surface area contributed by atoms with Gasteiger partial charge < -0.3 is 19.9 Å². The first kappa shape index (κ1) is 32.9. The van der Waals surface area contributed by atoms with Gasteiger partial charge in [-0.05, 0) is 54.8 Å². The van der Waals surface area contributed by atoms with Crippen LogP contribution < -0.4 is 20.3 Å². The van der Waals surface area contributed by atoms with Crippen LogP contribution in [0.3, 0.4) is 0 Å². The Balaban J connectivity index is 0.000000239. The summed E-state index contributed by atoms with van der Waals surface area (Å²) in [6.45, 7) is 4.40. The number of benzene rings is 2. The Labute approximate surface area is 278 Å². The highest BCUT2D eigenvalue weighted by Crippen LogP contribution is 2.30. The van der Waals surface area contributed by atoms with E-state index in [4.69, 9.17) is 9.72 Å². The number of halogens is 2. The summed E-state index contributed by atoms with van der Waals surface area (Å²) in [5.41, 5.74) is 2.26. The van der Waals surface area contributed by atoms with E-state index in [-0.39, 0.29) is 17.2 Å². The van der Waals surface area contributed by atoms with Crippen molar-refractivity contribution >= 4 is 23.7 Å². The number of nitrogens with one attached hydrogen (secondary N) is 2. The van der Waals surface area contributed by atoms with Crippen LogP contribution in [0.2, 0.25) is 0 Å². The molecule has 4 heterocycles. The van der Waals surface area contributed by atoms with Crippen molar-refractivity contribution in [2.75, 3.05) is 45.2 Å². The van der Waals surface area contributed by atoms with Crippen LogP contribution in [-0.4, -0.2) is 85.0 Å². The Kier molecular flexibility index (Phi) is 9.87. The van der Waals surface area contributed by atoms with Gasteiger partial charge in [0.2, 0.25) is 0 Å². The number of carbonyl (C=O) groups is 3. The third-order valence-corrected chi connectivity index (χ3v) is 9.22. The summed E-state index contributed by atoms with van der Waals surface area (Å²) < 4.78 is 33.4. The molecule has 1 saturated carbocycles. The first-order valence-corrected chi connectivity index (χ1v) is 16.2. The van der Waals surface area contributed by atoms with Gasteiger partial charge in [0.15, 0.2) is 17.6 Å². The maximum absolute atomic E-state index is 14.9. The highest BCUT2D eigenvalue weighted by molar-refractivity contribution is 6.05. The van der Waals surface area contributed by atoms with Crippen LogP contribution in [0.1, 0.15) is 53.6 Å². The fraction of sp³-hybridized carbons (Fsp3) is 0.389. The number of amides is 4. The topological polar surface area (TPSA) is 107 Å². The lowest BCUT2D eigenvalue weighted by molar-refractivity contribution is -0.119. The zero-order chi connectivity index (χ0) is 33.8. The van der Waals surface area contributed by atoms with Gasteiger partial charge in [-0.25, -0.2) is 18.6 Å². The second-order valence-electron chi connectivity index (χ2n) is 12.3. The van der Waals surface area contributed by atoms with E-state index in [2.05, 4.69) is 32.3 Å². The van der Waals surface area contributed by atoms with Gasteiger partial charge >= 0.3 is 6.03 Å². The minimum Gasteiger partial charge on any atom is -0.494 e. The largest absolute Gasteiger partial charge is 0.494 e.